The Bertz CT molecular complexity index is 742. The number of fused-ring (bicyclic) bond motifs is 1. The zero-order valence-corrected chi connectivity index (χ0v) is 16.9. The predicted octanol–water partition coefficient (Wildman–Crippen LogP) is 2.74. The van der Waals surface area contributed by atoms with Gasteiger partial charge in [-0.05, 0) is 48.3 Å². The lowest BCUT2D eigenvalue weighted by Crippen LogP contribution is -2.46. The zero-order valence-electron chi connectivity index (χ0n) is 15.2. The summed E-state index contributed by atoms with van der Waals surface area (Å²) in [6, 6.07) is 6.28. The second-order valence-electron chi connectivity index (χ2n) is 6.58. The molecular weight excluding hydrogens is 366 g/mol. The van der Waals surface area contributed by atoms with Gasteiger partial charge in [0.15, 0.2) is 0 Å². The quantitative estimate of drug-likeness (QED) is 0.790. The van der Waals surface area contributed by atoms with E-state index in [1.54, 1.807) is 27.6 Å². The number of hydrogen-bond acceptors (Lipinski definition) is 5. The Morgan fingerprint density at radius 1 is 1.27 bits per heavy atom. The first-order valence-electron chi connectivity index (χ1n) is 8.94. The lowest BCUT2D eigenvalue weighted by Gasteiger charge is -2.36. The molecule has 0 fully saturated rings. The summed E-state index contributed by atoms with van der Waals surface area (Å²) in [4.78, 5) is 31.2. The van der Waals surface area contributed by atoms with Crippen molar-refractivity contribution < 1.29 is 9.59 Å². The van der Waals surface area contributed by atoms with E-state index in [-0.39, 0.29) is 30.9 Å². The molecule has 2 aromatic heterocycles. The highest BCUT2D eigenvalue weighted by molar-refractivity contribution is 7.10. The van der Waals surface area contributed by atoms with E-state index in [9.17, 15) is 9.59 Å². The zero-order chi connectivity index (χ0) is 18.5. The minimum absolute atomic E-state index is 0.000169. The summed E-state index contributed by atoms with van der Waals surface area (Å²) in [7, 11) is 1.82. The number of carbonyl (C=O) groups is 2. The van der Waals surface area contributed by atoms with E-state index in [2.05, 4.69) is 28.2 Å². The van der Waals surface area contributed by atoms with Crippen LogP contribution in [-0.4, -0.2) is 54.8 Å². The highest BCUT2D eigenvalue weighted by Crippen LogP contribution is 2.39. The minimum atomic E-state index is -0.0317. The number of hydrogen-bond donors (Lipinski definition) is 1. The fourth-order valence-electron chi connectivity index (χ4n) is 3.28. The Hall–Kier alpha value is -1.70. The Balaban J connectivity index is 1.69. The molecule has 3 heterocycles. The minimum Gasteiger partial charge on any atom is -0.355 e. The van der Waals surface area contributed by atoms with Crippen LogP contribution in [0.5, 0.6) is 0 Å². The molecule has 7 heteroatoms. The van der Waals surface area contributed by atoms with Crippen LogP contribution in [0.15, 0.2) is 29.0 Å². The topological polar surface area (TPSA) is 52.7 Å². The van der Waals surface area contributed by atoms with Gasteiger partial charge < -0.3 is 10.2 Å². The molecule has 3 rings (SSSR count). The Morgan fingerprint density at radius 3 is 2.85 bits per heavy atom. The Morgan fingerprint density at radius 2 is 2.12 bits per heavy atom. The third-order valence-electron chi connectivity index (χ3n) is 4.49. The molecule has 0 aromatic carbocycles. The van der Waals surface area contributed by atoms with Crippen LogP contribution in [0.4, 0.5) is 0 Å². The van der Waals surface area contributed by atoms with E-state index in [4.69, 9.17) is 0 Å². The van der Waals surface area contributed by atoms with Crippen LogP contribution in [0.2, 0.25) is 0 Å². The van der Waals surface area contributed by atoms with Crippen molar-refractivity contribution in [2.24, 2.45) is 0 Å². The summed E-state index contributed by atoms with van der Waals surface area (Å²) in [6.07, 6.45) is 1.81. The van der Waals surface area contributed by atoms with E-state index in [1.807, 2.05) is 24.9 Å². The molecule has 1 atom stereocenters. The van der Waals surface area contributed by atoms with Gasteiger partial charge in [0, 0.05) is 22.8 Å². The molecule has 1 unspecified atom stereocenters. The lowest BCUT2D eigenvalue weighted by atomic mass is 9.98. The van der Waals surface area contributed by atoms with Crippen molar-refractivity contribution in [2.45, 2.75) is 25.8 Å². The second-order valence-corrected chi connectivity index (χ2v) is 8.56. The number of nitrogens with one attached hydrogen (secondary N) is 1. The largest absolute Gasteiger partial charge is 0.355 e. The first-order chi connectivity index (χ1) is 12.6. The van der Waals surface area contributed by atoms with Gasteiger partial charge in [0.1, 0.15) is 0 Å². The first-order valence-corrected chi connectivity index (χ1v) is 10.7. The summed E-state index contributed by atoms with van der Waals surface area (Å²) in [5, 5.41) is 7.03. The molecule has 2 aromatic rings. The summed E-state index contributed by atoms with van der Waals surface area (Å²) in [6.45, 7) is 3.92. The van der Waals surface area contributed by atoms with E-state index < -0.39 is 0 Å². The van der Waals surface area contributed by atoms with Gasteiger partial charge in [-0.1, -0.05) is 13.0 Å². The summed E-state index contributed by atoms with van der Waals surface area (Å²) >= 11 is 3.46. The molecule has 0 radical (unpaired) electrons. The third kappa shape index (κ3) is 4.34. The number of rotatable bonds is 7. The molecule has 1 aliphatic rings. The maximum atomic E-state index is 13.0. The standard InChI is InChI=1S/C19H25N3O2S2/c1-3-8-20-17(23)12-21(2)13-18(24)22-9-6-15-14(7-11-26-15)19(22)16-5-4-10-25-16/h4-5,7,10-11,19H,3,6,8-9,12-13H2,1-2H3,(H,20,23). The fourth-order valence-corrected chi connectivity index (χ4v) is 5.04. The van der Waals surface area contributed by atoms with Crippen LogP contribution in [-0.2, 0) is 16.0 Å². The number of nitrogens with zero attached hydrogens (tertiary/aromatic N) is 2. The molecule has 0 spiro atoms. The van der Waals surface area contributed by atoms with Gasteiger partial charge >= 0.3 is 0 Å². The molecule has 2 amide bonds. The van der Waals surface area contributed by atoms with Crippen molar-refractivity contribution in [3.63, 3.8) is 0 Å². The highest BCUT2D eigenvalue weighted by Gasteiger charge is 2.33. The predicted molar refractivity (Wildman–Crippen MR) is 107 cm³/mol. The van der Waals surface area contributed by atoms with Crippen LogP contribution in [0, 0.1) is 0 Å². The monoisotopic (exact) mass is 391 g/mol. The van der Waals surface area contributed by atoms with Crippen LogP contribution in [0.1, 0.15) is 34.7 Å². The van der Waals surface area contributed by atoms with Crippen LogP contribution in [0.3, 0.4) is 0 Å². The molecule has 0 saturated carbocycles. The molecule has 0 aliphatic carbocycles. The van der Waals surface area contributed by atoms with Crippen molar-refractivity contribution >= 4 is 34.5 Å². The number of thiophene rings is 2. The Labute approximate surface area is 162 Å². The average molecular weight is 392 g/mol. The summed E-state index contributed by atoms with van der Waals surface area (Å²) < 4.78 is 0. The van der Waals surface area contributed by atoms with Crippen molar-refractivity contribution in [1.82, 2.24) is 15.1 Å². The number of carbonyl (C=O) groups excluding carboxylic acids is 2. The normalized spacial score (nSPS) is 16.6. The molecular formula is C19H25N3O2S2. The highest BCUT2D eigenvalue weighted by atomic mass is 32.1. The van der Waals surface area contributed by atoms with Gasteiger partial charge in [-0.2, -0.15) is 0 Å². The molecule has 0 bridgehead atoms. The Kier molecular flexibility index (Phi) is 6.45. The molecule has 26 heavy (non-hydrogen) atoms. The SMILES string of the molecule is CCCNC(=O)CN(C)CC(=O)N1CCc2sccc2C1c1cccs1. The maximum Gasteiger partial charge on any atom is 0.237 e. The number of amides is 2. The van der Waals surface area contributed by atoms with Gasteiger partial charge in [0.25, 0.3) is 0 Å². The van der Waals surface area contributed by atoms with Crippen molar-refractivity contribution in [2.75, 3.05) is 33.2 Å². The first kappa shape index (κ1) is 19.1. The third-order valence-corrected chi connectivity index (χ3v) is 6.41. The van der Waals surface area contributed by atoms with Gasteiger partial charge in [-0.15, -0.1) is 22.7 Å². The second kappa shape index (κ2) is 8.79. The van der Waals surface area contributed by atoms with Crippen LogP contribution in [0.25, 0.3) is 0 Å². The van der Waals surface area contributed by atoms with E-state index in [0.29, 0.717) is 6.54 Å². The smallest absolute Gasteiger partial charge is 0.237 e. The van der Waals surface area contributed by atoms with Crippen molar-refractivity contribution in [3.05, 3.63) is 44.3 Å². The van der Waals surface area contributed by atoms with E-state index in [1.165, 1.54) is 15.3 Å². The summed E-state index contributed by atoms with van der Waals surface area (Å²) in [5.41, 5.74) is 1.25. The average Bonchev–Trinajstić information content (AvgIpc) is 3.29. The van der Waals surface area contributed by atoms with Crippen molar-refractivity contribution in [1.29, 1.82) is 0 Å². The van der Waals surface area contributed by atoms with Gasteiger partial charge in [0.2, 0.25) is 11.8 Å². The fraction of sp³-hybridized carbons (Fsp3) is 0.474. The van der Waals surface area contributed by atoms with Gasteiger partial charge in [-0.25, -0.2) is 0 Å². The van der Waals surface area contributed by atoms with Gasteiger partial charge in [-0.3, -0.25) is 14.5 Å². The number of likely N-dealkylation sites (N-methyl/N-ethyl adjacent to an activating group) is 1. The summed E-state index contributed by atoms with van der Waals surface area (Å²) in [5.74, 6) is 0.0433. The van der Waals surface area contributed by atoms with Crippen molar-refractivity contribution in [3.8, 4) is 0 Å². The molecule has 140 valence electrons. The molecule has 0 saturated heterocycles. The molecule has 1 N–H and O–H groups in total. The maximum absolute atomic E-state index is 13.0. The van der Waals surface area contributed by atoms with Crippen LogP contribution < -0.4 is 5.32 Å². The molecule has 5 nitrogen and oxygen atoms in total. The lowest BCUT2D eigenvalue weighted by molar-refractivity contribution is -0.134. The molecule has 1 aliphatic heterocycles. The van der Waals surface area contributed by atoms with E-state index >= 15 is 0 Å². The van der Waals surface area contributed by atoms with Gasteiger partial charge in [0.05, 0.1) is 19.1 Å². The van der Waals surface area contributed by atoms with E-state index in [0.717, 1.165) is 19.4 Å². The van der Waals surface area contributed by atoms with Crippen LogP contribution >= 0.6 is 22.7 Å².